The van der Waals surface area contributed by atoms with Crippen molar-refractivity contribution < 1.29 is 9.18 Å². The molecule has 1 heterocycles. The second-order valence-electron chi connectivity index (χ2n) is 6.59. The van der Waals surface area contributed by atoms with Crippen LogP contribution < -0.4 is 5.32 Å². The summed E-state index contributed by atoms with van der Waals surface area (Å²) in [5, 5.41) is 3.16. The number of carbonyl (C=O) groups excluding carboxylic acids is 1. The molecule has 0 aliphatic rings. The highest BCUT2D eigenvalue weighted by molar-refractivity contribution is 8.00. The minimum atomic E-state index is -0.367. The molecule has 1 amide bonds. The summed E-state index contributed by atoms with van der Waals surface area (Å²) in [5.74, 6) is -0.412. The highest BCUT2D eigenvalue weighted by atomic mass is 32.2. The fraction of sp³-hybridized carbons (Fsp3) is 0.227. The maximum atomic E-state index is 13.1. The van der Waals surface area contributed by atoms with E-state index in [-0.39, 0.29) is 23.0 Å². The number of benzene rings is 2. The van der Waals surface area contributed by atoms with E-state index in [1.165, 1.54) is 23.9 Å². The van der Waals surface area contributed by atoms with Crippen LogP contribution in [0.4, 0.5) is 4.39 Å². The van der Waals surface area contributed by atoms with Gasteiger partial charge in [0.05, 0.1) is 17.0 Å². The SMILES string of the molecule is Cc1cc(-c2ccccc2)nc(S[C@@H](C)C(=O)N[C@@H](C)c2ccc(F)cc2)n1. The molecule has 1 aromatic heterocycles. The fourth-order valence-corrected chi connectivity index (χ4v) is 3.57. The average molecular weight is 396 g/mol. The molecular formula is C22H22FN3OS. The summed E-state index contributed by atoms with van der Waals surface area (Å²) in [4.78, 5) is 21.6. The molecule has 0 saturated heterocycles. The van der Waals surface area contributed by atoms with E-state index >= 15 is 0 Å². The lowest BCUT2D eigenvalue weighted by molar-refractivity contribution is -0.120. The van der Waals surface area contributed by atoms with Gasteiger partial charge in [0.15, 0.2) is 5.16 Å². The minimum absolute atomic E-state index is 0.117. The summed E-state index contributed by atoms with van der Waals surface area (Å²) in [6, 6.07) is 17.7. The van der Waals surface area contributed by atoms with Gasteiger partial charge in [-0.15, -0.1) is 0 Å². The van der Waals surface area contributed by atoms with Crippen molar-refractivity contribution in [3.05, 3.63) is 77.7 Å². The number of halogens is 1. The highest BCUT2D eigenvalue weighted by Crippen LogP contribution is 2.25. The summed E-state index contributed by atoms with van der Waals surface area (Å²) in [7, 11) is 0. The Balaban J connectivity index is 1.68. The maximum absolute atomic E-state index is 13.1. The van der Waals surface area contributed by atoms with Crippen LogP contribution in [0.15, 0.2) is 65.8 Å². The molecule has 0 saturated carbocycles. The Hall–Kier alpha value is -2.73. The first-order valence-corrected chi connectivity index (χ1v) is 9.94. The molecular weight excluding hydrogens is 373 g/mol. The third-order valence-electron chi connectivity index (χ3n) is 4.28. The van der Waals surface area contributed by atoms with E-state index in [0.717, 1.165) is 22.5 Å². The molecule has 0 fully saturated rings. The van der Waals surface area contributed by atoms with Crippen LogP contribution in [0.25, 0.3) is 11.3 Å². The molecule has 4 nitrogen and oxygen atoms in total. The van der Waals surface area contributed by atoms with Gasteiger partial charge in [0, 0.05) is 11.3 Å². The van der Waals surface area contributed by atoms with Crippen LogP contribution in [0.1, 0.15) is 31.1 Å². The summed E-state index contributed by atoms with van der Waals surface area (Å²) in [6.45, 7) is 5.62. The highest BCUT2D eigenvalue weighted by Gasteiger charge is 2.19. The topological polar surface area (TPSA) is 54.9 Å². The van der Waals surface area contributed by atoms with Crippen LogP contribution in [0.5, 0.6) is 0 Å². The van der Waals surface area contributed by atoms with Gasteiger partial charge >= 0.3 is 0 Å². The van der Waals surface area contributed by atoms with E-state index in [1.54, 1.807) is 12.1 Å². The van der Waals surface area contributed by atoms with Gasteiger partial charge in [-0.25, -0.2) is 14.4 Å². The quantitative estimate of drug-likeness (QED) is 0.474. The van der Waals surface area contributed by atoms with Gasteiger partial charge in [0.25, 0.3) is 0 Å². The summed E-state index contributed by atoms with van der Waals surface area (Å²) < 4.78 is 13.1. The van der Waals surface area contributed by atoms with Crippen LogP contribution in [-0.2, 0) is 4.79 Å². The fourth-order valence-electron chi connectivity index (χ4n) is 2.73. The number of amides is 1. The zero-order valence-corrected chi connectivity index (χ0v) is 16.8. The molecule has 2 aromatic carbocycles. The van der Waals surface area contributed by atoms with Gasteiger partial charge in [-0.2, -0.15) is 0 Å². The first-order valence-electron chi connectivity index (χ1n) is 9.06. The first-order chi connectivity index (χ1) is 13.4. The number of hydrogen-bond acceptors (Lipinski definition) is 4. The molecule has 3 aromatic rings. The largest absolute Gasteiger partial charge is 0.349 e. The number of carbonyl (C=O) groups is 1. The smallest absolute Gasteiger partial charge is 0.233 e. The van der Waals surface area contributed by atoms with E-state index < -0.39 is 0 Å². The van der Waals surface area contributed by atoms with E-state index in [0.29, 0.717) is 5.16 Å². The molecule has 6 heteroatoms. The average Bonchev–Trinajstić information content (AvgIpc) is 2.68. The van der Waals surface area contributed by atoms with Crippen molar-refractivity contribution in [3.63, 3.8) is 0 Å². The van der Waals surface area contributed by atoms with E-state index in [1.807, 2.05) is 57.2 Å². The van der Waals surface area contributed by atoms with Crippen LogP contribution >= 0.6 is 11.8 Å². The lowest BCUT2D eigenvalue weighted by Gasteiger charge is -2.17. The molecule has 0 aliphatic carbocycles. The minimum Gasteiger partial charge on any atom is -0.349 e. The third kappa shape index (κ3) is 5.16. The van der Waals surface area contributed by atoms with Crippen LogP contribution in [0, 0.1) is 12.7 Å². The number of aryl methyl sites for hydroxylation is 1. The molecule has 0 bridgehead atoms. The van der Waals surface area contributed by atoms with Gasteiger partial charge in [-0.3, -0.25) is 4.79 Å². The number of hydrogen-bond donors (Lipinski definition) is 1. The normalized spacial score (nSPS) is 13.0. The van der Waals surface area contributed by atoms with Crippen molar-refractivity contribution in [2.75, 3.05) is 0 Å². The standard InChI is InChI=1S/C22H22FN3OS/c1-14-13-20(18-7-5-4-6-8-18)26-22(24-14)28-16(3)21(27)25-15(2)17-9-11-19(23)12-10-17/h4-13,15-16H,1-3H3,(H,25,27)/t15-,16-/m0/s1. The van der Waals surface area contributed by atoms with Crippen LogP contribution in [-0.4, -0.2) is 21.1 Å². The molecule has 2 atom stereocenters. The van der Waals surface area contributed by atoms with Crippen molar-refractivity contribution in [2.45, 2.75) is 37.2 Å². The second kappa shape index (κ2) is 8.97. The third-order valence-corrected chi connectivity index (χ3v) is 5.24. The summed E-state index contributed by atoms with van der Waals surface area (Å²) in [5.41, 5.74) is 3.55. The number of aromatic nitrogens is 2. The van der Waals surface area contributed by atoms with Gasteiger partial charge in [0.1, 0.15) is 5.82 Å². The second-order valence-corrected chi connectivity index (χ2v) is 7.89. The van der Waals surface area contributed by atoms with E-state index in [2.05, 4.69) is 15.3 Å². The van der Waals surface area contributed by atoms with Crippen molar-refractivity contribution >= 4 is 17.7 Å². The first kappa shape index (κ1) is 20.0. The molecule has 1 N–H and O–H groups in total. The molecule has 28 heavy (non-hydrogen) atoms. The predicted octanol–water partition coefficient (Wildman–Crippen LogP) is 4.95. The number of nitrogens with zero attached hydrogens (tertiary/aromatic N) is 2. The maximum Gasteiger partial charge on any atom is 0.233 e. The van der Waals surface area contributed by atoms with E-state index in [9.17, 15) is 9.18 Å². The number of nitrogens with one attached hydrogen (secondary N) is 1. The Morgan fingerprint density at radius 3 is 2.39 bits per heavy atom. The number of rotatable bonds is 6. The van der Waals surface area contributed by atoms with Crippen molar-refractivity contribution in [3.8, 4) is 11.3 Å². The zero-order valence-electron chi connectivity index (χ0n) is 16.0. The van der Waals surface area contributed by atoms with Crippen molar-refractivity contribution in [2.24, 2.45) is 0 Å². The number of thioether (sulfide) groups is 1. The molecule has 0 aliphatic heterocycles. The van der Waals surface area contributed by atoms with Gasteiger partial charge < -0.3 is 5.32 Å². The van der Waals surface area contributed by atoms with Gasteiger partial charge in [-0.05, 0) is 44.5 Å². The lowest BCUT2D eigenvalue weighted by atomic mass is 10.1. The molecule has 144 valence electrons. The Morgan fingerprint density at radius 2 is 1.71 bits per heavy atom. The predicted molar refractivity (Wildman–Crippen MR) is 110 cm³/mol. The molecule has 0 spiro atoms. The van der Waals surface area contributed by atoms with Crippen LogP contribution in [0.2, 0.25) is 0 Å². The van der Waals surface area contributed by atoms with E-state index in [4.69, 9.17) is 0 Å². The summed E-state index contributed by atoms with van der Waals surface area (Å²) >= 11 is 1.32. The molecule has 0 unspecified atom stereocenters. The van der Waals surface area contributed by atoms with Crippen molar-refractivity contribution in [1.82, 2.24) is 15.3 Å². The lowest BCUT2D eigenvalue weighted by Crippen LogP contribution is -2.33. The van der Waals surface area contributed by atoms with Crippen LogP contribution in [0.3, 0.4) is 0 Å². The Bertz CT molecular complexity index is 948. The van der Waals surface area contributed by atoms with Crippen molar-refractivity contribution in [1.29, 1.82) is 0 Å². The Kier molecular flexibility index (Phi) is 6.41. The molecule has 3 rings (SSSR count). The van der Waals surface area contributed by atoms with Gasteiger partial charge in [-0.1, -0.05) is 54.2 Å². The monoisotopic (exact) mass is 395 g/mol. The Morgan fingerprint density at radius 1 is 1.04 bits per heavy atom. The Labute approximate surface area is 168 Å². The summed E-state index contributed by atoms with van der Waals surface area (Å²) in [6.07, 6.45) is 0. The zero-order chi connectivity index (χ0) is 20.1. The van der Waals surface area contributed by atoms with Gasteiger partial charge in [0.2, 0.25) is 5.91 Å². The molecule has 0 radical (unpaired) electrons.